The summed E-state index contributed by atoms with van der Waals surface area (Å²) >= 11 is 1.25. The highest BCUT2D eigenvalue weighted by molar-refractivity contribution is 7.13. The maximum atomic E-state index is 10.6. The van der Waals surface area contributed by atoms with E-state index in [1.54, 1.807) is 0 Å². The van der Waals surface area contributed by atoms with Crippen LogP contribution in [0.3, 0.4) is 0 Å². The summed E-state index contributed by atoms with van der Waals surface area (Å²) < 4.78 is 0. The van der Waals surface area contributed by atoms with Crippen molar-refractivity contribution in [1.29, 1.82) is 0 Å². The molecular weight excluding hydrogens is 244 g/mol. The van der Waals surface area contributed by atoms with Crippen molar-refractivity contribution in [2.75, 3.05) is 11.9 Å². The number of nitrogens with one attached hydrogen (secondary N) is 1. The summed E-state index contributed by atoms with van der Waals surface area (Å²) in [5.74, 6) is -1.81. The number of hydrogen-bond acceptors (Lipinski definition) is 5. The lowest BCUT2D eigenvalue weighted by Crippen LogP contribution is -2.03. The molecule has 0 unspecified atom stereocenters. The van der Waals surface area contributed by atoms with Crippen molar-refractivity contribution >= 4 is 28.4 Å². The largest absolute Gasteiger partial charge is 0.481 e. The molecule has 0 fully saturated rings. The molecule has 0 aliphatic rings. The molecule has 0 atom stereocenters. The summed E-state index contributed by atoms with van der Waals surface area (Å²) in [5, 5.41) is 22.1. The maximum Gasteiger partial charge on any atom is 0.355 e. The van der Waals surface area contributed by atoms with Gasteiger partial charge in [0.25, 0.3) is 0 Å². The van der Waals surface area contributed by atoms with Crippen LogP contribution in [-0.2, 0) is 4.79 Å². The molecule has 1 aromatic rings. The second-order valence-electron chi connectivity index (χ2n) is 3.47. The van der Waals surface area contributed by atoms with Crippen LogP contribution in [0.15, 0.2) is 5.38 Å². The van der Waals surface area contributed by atoms with E-state index in [4.69, 9.17) is 10.2 Å². The lowest BCUT2D eigenvalue weighted by Gasteiger charge is -2.01. The standard InChI is InChI=1S/C10H14N2O4S/c13-8(14)4-2-1-3-5-11-10-12-7(6-17-10)9(15)16/h6H,1-5H2,(H,11,12)(H,13,14)(H,15,16). The molecular formula is C10H14N2O4S. The molecule has 3 N–H and O–H groups in total. The van der Waals surface area contributed by atoms with Crippen LogP contribution < -0.4 is 5.32 Å². The van der Waals surface area contributed by atoms with Crippen molar-refractivity contribution < 1.29 is 19.8 Å². The fourth-order valence-electron chi connectivity index (χ4n) is 1.23. The van der Waals surface area contributed by atoms with Crippen molar-refractivity contribution in [1.82, 2.24) is 4.98 Å². The molecule has 0 radical (unpaired) electrons. The summed E-state index contributed by atoms with van der Waals surface area (Å²) in [6.07, 6.45) is 2.53. The van der Waals surface area contributed by atoms with Crippen LogP contribution in [0.25, 0.3) is 0 Å². The van der Waals surface area contributed by atoms with Crippen LogP contribution in [0, 0.1) is 0 Å². The number of carboxylic acids is 2. The third-order valence-corrected chi connectivity index (χ3v) is 2.87. The molecule has 1 rings (SSSR count). The Morgan fingerprint density at radius 3 is 2.65 bits per heavy atom. The first-order chi connectivity index (χ1) is 8.09. The molecule has 17 heavy (non-hydrogen) atoms. The fourth-order valence-corrected chi connectivity index (χ4v) is 1.94. The molecule has 0 saturated heterocycles. The molecule has 0 aliphatic carbocycles. The minimum absolute atomic E-state index is 0.0448. The van der Waals surface area contributed by atoms with E-state index in [-0.39, 0.29) is 12.1 Å². The number of unbranched alkanes of at least 4 members (excludes halogenated alkanes) is 2. The lowest BCUT2D eigenvalue weighted by molar-refractivity contribution is -0.137. The number of aliphatic carboxylic acids is 1. The highest BCUT2D eigenvalue weighted by atomic mass is 32.1. The Morgan fingerprint density at radius 1 is 1.29 bits per heavy atom. The van der Waals surface area contributed by atoms with Gasteiger partial charge in [0, 0.05) is 18.3 Å². The molecule has 6 nitrogen and oxygen atoms in total. The van der Waals surface area contributed by atoms with E-state index in [1.807, 2.05) is 0 Å². The van der Waals surface area contributed by atoms with Gasteiger partial charge in [-0.1, -0.05) is 6.42 Å². The Hall–Kier alpha value is -1.63. The van der Waals surface area contributed by atoms with Crippen molar-refractivity contribution in [2.45, 2.75) is 25.7 Å². The second kappa shape index (κ2) is 6.85. The lowest BCUT2D eigenvalue weighted by atomic mass is 10.2. The first-order valence-electron chi connectivity index (χ1n) is 5.24. The van der Waals surface area contributed by atoms with Gasteiger partial charge in [-0.15, -0.1) is 11.3 Å². The molecule has 0 aromatic carbocycles. The number of aromatic nitrogens is 1. The van der Waals surface area contributed by atoms with Crippen molar-refractivity contribution in [3.63, 3.8) is 0 Å². The number of nitrogens with zero attached hydrogens (tertiary/aromatic N) is 1. The van der Waals surface area contributed by atoms with Crippen LogP contribution in [0.2, 0.25) is 0 Å². The average Bonchev–Trinajstić information content (AvgIpc) is 2.71. The number of thiazole rings is 1. The number of anilines is 1. The van der Waals surface area contributed by atoms with Crippen molar-refractivity contribution in [3.8, 4) is 0 Å². The monoisotopic (exact) mass is 258 g/mol. The van der Waals surface area contributed by atoms with Gasteiger partial charge in [0.1, 0.15) is 0 Å². The molecule has 0 bridgehead atoms. The van der Waals surface area contributed by atoms with E-state index >= 15 is 0 Å². The summed E-state index contributed by atoms with van der Waals surface area (Å²) in [6, 6.07) is 0. The Kier molecular flexibility index (Phi) is 5.41. The van der Waals surface area contributed by atoms with Crippen LogP contribution >= 0.6 is 11.3 Å². The Labute approximate surface area is 102 Å². The zero-order valence-corrected chi connectivity index (χ0v) is 10.00. The third-order valence-electron chi connectivity index (χ3n) is 2.07. The van der Waals surface area contributed by atoms with Gasteiger partial charge in [0.05, 0.1) is 0 Å². The molecule has 0 spiro atoms. The van der Waals surface area contributed by atoms with Crippen LogP contribution in [0.4, 0.5) is 5.13 Å². The van der Waals surface area contributed by atoms with Gasteiger partial charge in [0.2, 0.25) is 0 Å². The van der Waals surface area contributed by atoms with Gasteiger partial charge < -0.3 is 15.5 Å². The Balaban J connectivity index is 2.13. The molecule has 0 amide bonds. The second-order valence-corrected chi connectivity index (χ2v) is 4.33. The number of carboxylic acid groups (broad SMARTS) is 2. The number of rotatable bonds is 8. The average molecular weight is 258 g/mol. The molecule has 1 aromatic heterocycles. The van der Waals surface area contributed by atoms with Crippen molar-refractivity contribution in [3.05, 3.63) is 11.1 Å². The third kappa shape index (κ3) is 5.30. The number of carbonyl (C=O) groups is 2. The molecule has 1 heterocycles. The summed E-state index contributed by atoms with van der Waals surface area (Å²) in [5.41, 5.74) is 0.0448. The summed E-state index contributed by atoms with van der Waals surface area (Å²) in [7, 11) is 0. The first kappa shape index (κ1) is 13.4. The molecule has 0 aliphatic heterocycles. The predicted molar refractivity (Wildman–Crippen MR) is 63.7 cm³/mol. The van der Waals surface area contributed by atoms with Gasteiger partial charge in [-0.05, 0) is 12.8 Å². The Bertz CT molecular complexity index is 391. The van der Waals surface area contributed by atoms with Gasteiger partial charge in [-0.3, -0.25) is 4.79 Å². The van der Waals surface area contributed by atoms with Gasteiger partial charge >= 0.3 is 11.9 Å². The smallest absolute Gasteiger partial charge is 0.355 e. The van der Waals surface area contributed by atoms with Crippen molar-refractivity contribution in [2.24, 2.45) is 0 Å². The van der Waals surface area contributed by atoms with E-state index in [9.17, 15) is 9.59 Å². The van der Waals surface area contributed by atoms with E-state index in [0.717, 1.165) is 12.8 Å². The van der Waals surface area contributed by atoms with E-state index in [1.165, 1.54) is 16.7 Å². The van der Waals surface area contributed by atoms with Gasteiger partial charge in [-0.25, -0.2) is 9.78 Å². The van der Waals surface area contributed by atoms with Gasteiger partial charge in [-0.2, -0.15) is 0 Å². The van der Waals surface area contributed by atoms with E-state index in [2.05, 4.69) is 10.3 Å². The van der Waals surface area contributed by atoms with Crippen LogP contribution in [0.1, 0.15) is 36.2 Å². The molecule has 94 valence electrons. The quantitative estimate of drug-likeness (QED) is 0.616. The SMILES string of the molecule is O=C(O)CCCCCNc1nc(C(=O)O)cs1. The maximum absolute atomic E-state index is 10.6. The van der Waals surface area contributed by atoms with E-state index in [0.29, 0.717) is 18.1 Å². The zero-order chi connectivity index (χ0) is 12.7. The van der Waals surface area contributed by atoms with Crippen LogP contribution in [0.5, 0.6) is 0 Å². The summed E-state index contributed by atoms with van der Waals surface area (Å²) in [4.78, 5) is 24.7. The Morgan fingerprint density at radius 2 is 2.06 bits per heavy atom. The highest BCUT2D eigenvalue weighted by Gasteiger charge is 2.07. The topological polar surface area (TPSA) is 99.5 Å². The highest BCUT2D eigenvalue weighted by Crippen LogP contribution is 2.15. The summed E-state index contributed by atoms with van der Waals surface area (Å²) in [6.45, 7) is 0.673. The fraction of sp³-hybridized carbons (Fsp3) is 0.500. The van der Waals surface area contributed by atoms with Crippen LogP contribution in [-0.4, -0.2) is 33.7 Å². The molecule has 7 heteroatoms. The minimum atomic E-state index is -1.03. The first-order valence-corrected chi connectivity index (χ1v) is 6.12. The minimum Gasteiger partial charge on any atom is -0.481 e. The van der Waals surface area contributed by atoms with Gasteiger partial charge in [0.15, 0.2) is 10.8 Å². The predicted octanol–water partition coefficient (Wildman–Crippen LogP) is 1.90. The molecule has 0 saturated carbocycles. The normalized spacial score (nSPS) is 10.1. The zero-order valence-electron chi connectivity index (χ0n) is 9.18. The van der Waals surface area contributed by atoms with E-state index < -0.39 is 11.9 Å². The number of aromatic carboxylic acids is 1. The number of hydrogen-bond donors (Lipinski definition) is 3.